The Morgan fingerprint density at radius 2 is 2.43 bits per heavy atom. The van der Waals surface area contributed by atoms with Gasteiger partial charge in [0.15, 0.2) is 8.30 Å². The summed E-state index contributed by atoms with van der Waals surface area (Å²) in [7, 11) is -0.745. The molecule has 0 amide bonds. The highest BCUT2D eigenvalue weighted by Crippen LogP contribution is 2.34. The minimum atomic E-state index is -0.745. The number of allylic oxidation sites excluding steroid dienone is 4. The molecule has 5 heteroatoms. The lowest BCUT2D eigenvalue weighted by Gasteiger charge is -2.18. The molecule has 0 aliphatic heterocycles. The summed E-state index contributed by atoms with van der Waals surface area (Å²) in [5, 5.41) is 3.83. The second-order valence-corrected chi connectivity index (χ2v) is 4.84. The van der Waals surface area contributed by atoms with Crippen LogP contribution in [-0.2, 0) is 9.32 Å². The van der Waals surface area contributed by atoms with Crippen molar-refractivity contribution in [1.29, 1.82) is 0 Å². The first-order valence-corrected chi connectivity index (χ1v) is 6.45. The maximum Gasteiger partial charge on any atom is 0.157 e. The van der Waals surface area contributed by atoms with E-state index in [1.165, 1.54) is 0 Å². The second-order valence-electron chi connectivity index (χ2n) is 2.86. The van der Waals surface area contributed by atoms with Gasteiger partial charge in [0, 0.05) is 18.1 Å². The summed E-state index contributed by atoms with van der Waals surface area (Å²) in [6, 6.07) is 0. The zero-order chi connectivity index (χ0) is 10.4. The van der Waals surface area contributed by atoms with Crippen LogP contribution >= 0.6 is 19.9 Å². The highest BCUT2D eigenvalue weighted by molar-refractivity contribution is 7.49. The van der Waals surface area contributed by atoms with Gasteiger partial charge in [0.2, 0.25) is 0 Å². The highest BCUT2D eigenvalue weighted by atomic mass is 35.5. The minimum absolute atomic E-state index is 0.339. The molecular formula is C9H13ClNO2P. The number of aldehydes is 1. The van der Waals surface area contributed by atoms with Gasteiger partial charge in [0.1, 0.15) is 12.0 Å². The van der Waals surface area contributed by atoms with E-state index in [0.717, 1.165) is 29.9 Å². The quantitative estimate of drug-likeness (QED) is 0.586. The van der Waals surface area contributed by atoms with Crippen molar-refractivity contribution in [2.75, 3.05) is 13.2 Å². The van der Waals surface area contributed by atoms with Gasteiger partial charge in [-0.3, -0.25) is 5.09 Å². The number of hydrogen-bond donors (Lipinski definition) is 1. The van der Waals surface area contributed by atoms with E-state index < -0.39 is 8.30 Å². The molecule has 0 bridgehead atoms. The normalized spacial score (nSPS) is 18.1. The molecule has 3 nitrogen and oxygen atoms in total. The Labute approximate surface area is 90.0 Å². The molecule has 1 rings (SSSR count). The van der Waals surface area contributed by atoms with Crippen molar-refractivity contribution in [2.24, 2.45) is 0 Å². The molecule has 1 atom stereocenters. The average molecular weight is 234 g/mol. The summed E-state index contributed by atoms with van der Waals surface area (Å²) in [5.74, 6) is 0.932. The molecular weight excluding hydrogens is 221 g/mol. The van der Waals surface area contributed by atoms with Gasteiger partial charge >= 0.3 is 0 Å². The number of carbonyl (C=O) groups is 1. The van der Waals surface area contributed by atoms with E-state index in [1.54, 1.807) is 0 Å². The van der Waals surface area contributed by atoms with E-state index in [1.807, 2.05) is 18.8 Å². The van der Waals surface area contributed by atoms with Crippen molar-refractivity contribution in [2.45, 2.75) is 12.8 Å². The topological polar surface area (TPSA) is 38.3 Å². The molecule has 1 aliphatic rings. The van der Waals surface area contributed by atoms with Crippen LogP contribution < -0.4 is 5.09 Å². The summed E-state index contributed by atoms with van der Waals surface area (Å²) < 4.78 is 5.59. The van der Waals surface area contributed by atoms with Crippen LogP contribution in [0, 0.1) is 0 Å². The third-order valence-corrected chi connectivity index (χ3v) is 3.16. The number of hydrogen-bond acceptors (Lipinski definition) is 3. The molecule has 0 heterocycles. The number of rotatable bonds is 5. The Kier molecular flexibility index (Phi) is 5.16. The maximum absolute atomic E-state index is 10.1. The van der Waals surface area contributed by atoms with Crippen molar-refractivity contribution < 1.29 is 9.32 Å². The van der Waals surface area contributed by atoms with Crippen LogP contribution in [-0.4, -0.2) is 19.5 Å². The molecule has 0 aromatic heterocycles. The lowest BCUT2D eigenvalue weighted by Crippen LogP contribution is -2.10. The largest absolute Gasteiger partial charge is 0.463 e. The molecule has 1 N–H and O–H groups in total. The zero-order valence-electron chi connectivity index (χ0n) is 8.00. The van der Waals surface area contributed by atoms with Gasteiger partial charge in [-0.05, 0) is 18.6 Å². The van der Waals surface area contributed by atoms with Crippen molar-refractivity contribution in [3.63, 3.8) is 0 Å². The lowest BCUT2D eigenvalue weighted by atomic mass is 10.2. The van der Waals surface area contributed by atoms with E-state index in [2.05, 4.69) is 5.09 Å². The highest BCUT2D eigenvalue weighted by Gasteiger charge is 2.09. The predicted octanol–water partition coefficient (Wildman–Crippen LogP) is 2.53. The van der Waals surface area contributed by atoms with Crippen molar-refractivity contribution in [3.05, 3.63) is 22.9 Å². The Balaban J connectivity index is 2.33. The minimum Gasteiger partial charge on any atom is -0.463 e. The fourth-order valence-electron chi connectivity index (χ4n) is 1.04. The van der Waals surface area contributed by atoms with E-state index in [0.29, 0.717) is 6.54 Å². The number of halogens is 1. The molecule has 0 spiro atoms. The molecule has 0 radical (unpaired) electrons. The number of nitrogens with one attached hydrogen (secondary N) is 1. The zero-order valence-corrected chi connectivity index (χ0v) is 9.65. The molecule has 0 aromatic carbocycles. The molecule has 0 saturated heterocycles. The van der Waals surface area contributed by atoms with E-state index in [-0.39, 0.29) is 0 Å². The van der Waals surface area contributed by atoms with Crippen LogP contribution in [0.4, 0.5) is 0 Å². The lowest BCUT2D eigenvalue weighted by molar-refractivity contribution is -0.106. The van der Waals surface area contributed by atoms with Gasteiger partial charge in [-0.15, -0.1) is 0 Å². The average Bonchev–Trinajstić information content (AvgIpc) is 2.18. The summed E-state index contributed by atoms with van der Waals surface area (Å²) in [4.78, 5) is 10.1. The van der Waals surface area contributed by atoms with Crippen molar-refractivity contribution in [3.8, 4) is 0 Å². The van der Waals surface area contributed by atoms with Crippen LogP contribution in [0.5, 0.6) is 0 Å². The molecule has 14 heavy (non-hydrogen) atoms. The van der Waals surface area contributed by atoms with E-state index in [4.69, 9.17) is 16.1 Å². The standard InChI is InChI=1S/C9H13ClNO2P/c1-14(11-6-7-12)13-9-4-2-8(10)3-5-9/h2,4,7,11H,3,5-6H2,1H3. The summed E-state index contributed by atoms with van der Waals surface area (Å²) in [5.41, 5.74) is 0. The van der Waals surface area contributed by atoms with Gasteiger partial charge in [-0.2, -0.15) is 0 Å². The third-order valence-electron chi connectivity index (χ3n) is 1.71. The van der Waals surface area contributed by atoms with Crippen LogP contribution in [0.2, 0.25) is 0 Å². The van der Waals surface area contributed by atoms with Gasteiger partial charge in [-0.25, -0.2) is 0 Å². The fourth-order valence-corrected chi connectivity index (χ4v) is 2.10. The predicted molar refractivity (Wildman–Crippen MR) is 59.2 cm³/mol. The van der Waals surface area contributed by atoms with Crippen molar-refractivity contribution in [1.82, 2.24) is 5.09 Å². The van der Waals surface area contributed by atoms with Crippen LogP contribution in [0.25, 0.3) is 0 Å². The van der Waals surface area contributed by atoms with Gasteiger partial charge < -0.3 is 9.32 Å². The Morgan fingerprint density at radius 3 is 3.00 bits per heavy atom. The van der Waals surface area contributed by atoms with Gasteiger partial charge in [0.05, 0.1) is 6.54 Å². The third kappa shape index (κ3) is 4.23. The molecule has 1 unspecified atom stereocenters. The van der Waals surface area contributed by atoms with E-state index >= 15 is 0 Å². The summed E-state index contributed by atoms with van der Waals surface area (Å²) >= 11 is 5.81. The Bertz CT molecular complexity index is 266. The Morgan fingerprint density at radius 1 is 1.64 bits per heavy atom. The second kappa shape index (κ2) is 6.18. The first-order valence-electron chi connectivity index (χ1n) is 4.36. The first-order chi connectivity index (χ1) is 6.72. The molecule has 0 saturated carbocycles. The summed E-state index contributed by atoms with van der Waals surface area (Å²) in [6.07, 6.45) is 6.24. The monoisotopic (exact) mass is 233 g/mol. The smallest absolute Gasteiger partial charge is 0.157 e. The SMILES string of the molecule is CP(NCC=O)OC1=CC=C(Cl)CC1. The first kappa shape index (κ1) is 11.7. The summed E-state index contributed by atoms with van der Waals surface area (Å²) in [6.45, 7) is 2.27. The Hall–Kier alpha value is -0.370. The van der Waals surface area contributed by atoms with Crippen LogP contribution in [0.1, 0.15) is 12.8 Å². The molecule has 1 aliphatic carbocycles. The molecule has 78 valence electrons. The van der Waals surface area contributed by atoms with Crippen LogP contribution in [0.3, 0.4) is 0 Å². The van der Waals surface area contributed by atoms with Gasteiger partial charge in [0.25, 0.3) is 0 Å². The number of carbonyl (C=O) groups excluding carboxylic acids is 1. The fraction of sp³-hybridized carbons (Fsp3) is 0.444. The molecule has 0 fully saturated rings. The molecule has 0 aromatic rings. The maximum atomic E-state index is 10.1. The van der Waals surface area contributed by atoms with Gasteiger partial charge in [-0.1, -0.05) is 11.6 Å². The van der Waals surface area contributed by atoms with Crippen LogP contribution in [0.15, 0.2) is 22.9 Å². The van der Waals surface area contributed by atoms with E-state index in [9.17, 15) is 4.79 Å². The van der Waals surface area contributed by atoms with Crippen molar-refractivity contribution >= 4 is 26.2 Å².